The molecule has 4 fully saturated rings. The Labute approximate surface area is 521 Å². The van der Waals surface area contributed by atoms with Gasteiger partial charge in [-0.15, -0.1) is 0 Å². The monoisotopic (exact) mass is 1290 g/mol. The Bertz CT molecular complexity index is 2620. The number of hydrogen-bond acceptors (Lipinski definition) is 19. The topological polar surface area (TPSA) is 415 Å². The Morgan fingerprint density at radius 1 is 0.540 bits per heavy atom. The maximum atomic E-state index is 14.8. The summed E-state index contributed by atoms with van der Waals surface area (Å²) in [5, 5.41) is 47.2. The first-order chi connectivity index (χ1) is 41.7. The quantitative estimate of drug-likeness (QED) is 0.0923. The third-order valence-electron chi connectivity index (χ3n) is 15.0. The van der Waals surface area contributed by atoms with E-state index in [9.17, 15) is 72.5 Å². The second-order valence-electron chi connectivity index (χ2n) is 21.4. The summed E-state index contributed by atoms with van der Waals surface area (Å²) in [5.41, 5.74) is 6.24. The van der Waals surface area contributed by atoms with Crippen LogP contribution in [0.5, 0.6) is 0 Å². The van der Waals surface area contributed by atoms with E-state index in [0.717, 1.165) is 43.2 Å². The van der Waals surface area contributed by atoms with Crippen LogP contribution in [0.4, 0.5) is 0 Å². The zero-order valence-electron chi connectivity index (χ0n) is 49.3. The molecule has 4 saturated heterocycles. The maximum Gasteiger partial charge on any atom is 0.327 e. The highest BCUT2D eigenvalue weighted by Gasteiger charge is 2.42. The Morgan fingerprint density at radius 3 is 1.53 bits per heavy atom. The number of aliphatic carboxylic acids is 1. The molecule has 28 nitrogen and oxygen atoms in total. The lowest BCUT2D eigenvalue weighted by Gasteiger charge is -2.31. The number of carboxylic acids is 1. The van der Waals surface area contributed by atoms with Crippen LogP contribution in [0.1, 0.15) is 104 Å². The fourth-order valence-corrected chi connectivity index (χ4v) is 14.7. The summed E-state index contributed by atoms with van der Waals surface area (Å²) in [6, 6.07) is -7.92. The van der Waals surface area contributed by atoms with Gasteiger partial charge in [0.2, 0.25) is 70.9 Å². The van der Waals surface area contributed by atoms with Crippen molar-refractivity contribution in [1.29, 1.82) is 0 Å². The van der Waals surface area contributed by atoms with Crippen molar-refractivity contribution in [3.63, 3.8) is 0 Å². The van der Waals surface area contributed by atoms with Gasteiger partial charge in [0.15, 0.2) is 0 Å². The zero-order chi connectivity index (χ0) is 63.7. The van der Waals surface area contributed by atoms with Crippen LogP contribution in [-0.2, 0) is 68.7 Å². The molecule has 12 atom stereocenters. The number of nitrogens with zero attached hydrogens (tertiary/aromatic N) is 2. The molecule has 482 valence electrons. The van der Waals surface area contributed by atoms with Crippen LogP contribution >= 0.6 is 43.2 Å². The van der Waals surface area contributed by atoms with E-state index in [-0.39, 0.29) is 81.0 Å². The molecule has 4 aliphatic rings. The van der Waals surface area contributed by atoms with Gasteiger partial charge in [-0.1, -0.05) is 120 Å². The number of carbonyl (C=O) groups excluding carboxylic acids is 12. The van der Waals surface area contributed by atoms with Crippen LogP contribution in [-0.4, -0.2) is 219 Å². The van der Waals surface area contributed by atoms with Crippen LogP contribution in [0, 0.1) is 0 Å². The molecule has 4 aliphatic heterocycles. The largest absolute Gasteiger partial charge is 0.480 e. The molecule has 87 heavy (non-hydrogen) atoms. The number of rotatable bonds is 13. The lowest BCUT2D eigenvalue weighted by atomic mass is 10.0. The molecule has 12 amide bonds. The lowest BCUT2D eigenvalue weighted by molar-refractivity contribution is -0.144. The van der Waals surface area contributed by atoms with Crippen molar-refractivity contribution in [2.75, 3.05) is 49.3 Å². The molecule has 5 rings (SSSR count). The van der Waals surface area contributed by atoms with Crippen LogP contribution in [0.25, 0.3) is 0 Å². The van der Waals surface area contributed by atoms with Crippen molar-refractivity contribution in [1.82, 2.24) is 63.0 Å². The zero-order valence-corrected chi connectivity index (χ0v) is 52.5. The smallest absolute Gasteiger partial charge is 0.327 e. The van der Waals surface area contributed by atoms with Crippen LogP contribution in [0.3, 0.4) is 0 Å². The summed E-state index contributed by atoms with van der Waals surface area (Å²) in [6.45, 7) is 5.48. The Kier molecular flexibility index (Phi) is 29.7. The summed E-state index contributed by atoms with van der Waals surface area (Å²) < 4.78 is 0. The highest BCUT2D eigenvalue weighted by atomic mass is 33.1. The molecule has 0 aromatic heterocycles. The first kappa shape index (κ1) is 71.4. The number of amides is 12. The maximum absolute atomic E-state index is 14.8. The van der Waals surface area contributed by atoms with Gasteiger partial charge in [-0.2, -0.15) is 0 Å². The molecule has 32 heteroatoms. The lowest BCUT2D eigenvalue weighted by Crippen LogP contribution is -2.61. The van der Waals surface area contributed by atoms with Gasteiger partial charge >= 0.3 is 5.97 Å². The van der Waals surface area contributed by atoms with Crippen LogP contribution in [0.15, 0.2) is 30.3 Å². The molecular weight excluding hydrogens is 1210 g/mol. The number of carboxylic acid groups (broad SMARTS) is 1. The van der Waals surface area contributed by atoms with E-state index in [2.05, 4.69) is 53.2 Å². The number of hydrogen-bond donors (Lipinski definition) is 13. The molecule has 2 bridgehead atoms. The van der Waals surface area contributed by atoms with Gasteiger partial charge in [-0.25, -0.2) is 4.79 Å². The first-order valence-electron chi connectivity index (χ1n) is 29.4. The average Bonchev–Trinajstić information content (AvgIpc) is 3.55. The molecular formula is C55H83N13O15S4. The molecule has 0 aliphatic carbocycles. The fourth-order valence-electron chi connectivity index (χ4n) is 10.1. The average molecular weight is 1290 g/mol. The number of aliphatic hydroxyl groups is 1. The van der Waals surface area contributed by atoms with Gasteiger partial charge in [0.1, 0.15) is 72.5 Å². The molecule has 0 unspecified atom stereocenters. The van der Waals surface area contributed by atoms with E-state index in [1.54, 1.807) is 51.1 Å². The third kappa shape index (κ3) is 21.2. The van der Waals surface area contributed by atoms with E-state index in [4.69, 9.17) is 5.73 Å². The van der Waals surface area contributed by atoms with Gasteiger partial charge in [0, 0.05) is 42.5 Å². The van der Waals surface area contributed by atoms with Crippen molar-refractivity contribution in [3.8, 4) is 0 Å². The standard InChI is InChI=1S/C55H83N13O15S4/c1-5-9-18-34-54(81)68-22-13-19-41(68)51(78)59-32(8-4)45(72)64-38-27-85-84-26-37(57-43(70)24-56)48(75)65-39(50(77)63-36(25-69)47(74)61-34)28-86-87-29-40(55(82)83)66-52(79)42-20-14-21-67(42)53(80)33(15-6-2)60-44(71)31(7-3)58-46(73)35(62-49(38)76)23-30-16-11-10-12-17-30/h10-12,16-17,31-42,69H,5-9,13-15,18-29,56H2,1-4H3,(H,57,70)(H,58,73)(H,59,78)(H,60,71)(H,61,74)(H,62,76)(H,63,77)(H,64,72)(H,65,75)(H,66,79)(H,82,83)/t31-,32-,33-,34-,35-,36-,37-,38-,39-,40-,41-,42-/m0/s1. The van der Waals surface area contributed by atoms with Crippen molar-refractivity contribution in [3.05, 3.63) is 35.9 Å². The van der Waals surface area contributed by atoms with E-state index >= 15 is 0 Å². The summed E-state index contributed by atoms with van der Waals surface area (Å²) in [6.07, 6.45) is 2.56. The van der Waals surface area contributed by atoms with Gasteiger partial charge in [0.25, 0.3) is 0 Å². The van der Waals surface area contributed by atoms with Crippen molar-refractivity contribution >= 4 is 120 Å². The second kappa shape index (κ2) is 36.2. The highest BCUT2D eigenvalue weighted by Crippen LogP contribution is 2.27. The van der Waals surface area contributed by atoms with E-state index < -0.39 is 163 Å². The Hall–Kier alpha value is -6.35. The van der Waals surface area contributed by atoms with Gasteiger partial charge < -0.3 is 78.9 Å². The minimum Gasteiger partial charge on any atom is -0.480 e. The molecule has 0 saturated carbocycles. The number of unbranched alkanes of at least 4 members (excludes halogenated alkanes) is 1. The number of benzene rings is 1. The normalized spacial score (nSPS) is 28.9. The molecule has 1 aromatic rings. The second-order valence-corrected chi connectivity index (χ2v) is 26.5. The number of nitrogens with one attached hydrogen (secondary N) is 10. The SMILES string of the molecule is CCCC[C@@H]1NC(=O)[C@H](CO)NC(=O)[C@@H]2CSSC[C@@H](C(=O)O)NC(=O)[C@@H]3CCCN3C(=O)[C@H](CCC)NC(=O)[C@H](CC)NC(=O)[C@H](Cc3ccccc3)NC(=O)[C@H](CSSC[C@H](NC(=O)CN)C(=O)N2)NC(=O)[C@H](CC)NC(=O)[C@@H]2CCCN2C1=O. The summed E-state index contributed by atoms with van der Waals surface area (Å²) in [4.78, 5) is 186. The number of aliphatic hydroxyl groups excluding tert-OH is 1. The van der Waals surface area contributed by atoms with Crippen molar-refractivity contribution in [2.24, 2.45) is 5.73 Å². The predicted molar refractivity (Wildman–Crippen MR) is 328 cm³/mol. The number of fused-ring (bicyclic) bond motifs is 10. The summed E-state index contributed by atoms with van der Waals surface area (Å²) in [7, 11) is 3.66. The van der Waals surface area contributed by atoms with Gasteiger partial charge in [-0.3, -0.25) is 57.5 Å². The summed E-state index contributed by atoms with van der Waals surface area (Å²) >= 11 is 0. The van der Waals surface area contributed by atoms with E-state index in [1.165, 1.54) is 9.80 Å². The molecule has 14 N–H and O–H groups in total. The third-order valence-corrected chi connectivity index (χ3v) is 19.8. The van der Waals surface area contributed by atoms with Crippen molar-refractivity contribution < 1.29 is 72.5 Å². The van der Waals surface area contributed by atoms with Crippen LogP contribution in [0.2, 0.25) is 0 Å². The Balaban J connectivity index is 1.63. The fraction of sp³-hybridized carbons (Fsp3) is 0.655. The van der Waals surface area contributed by atoms with E-state index in [0.29, 0.717) is 37.7 Å². The summed E-state index contributed by atoms with van der Waals surface area (Å²) in [5.74, 6) is -12.5. The van der Waals surface area contributed by atoms with Crippen LogP contribution < -0.4 is 58.9 Å². The highest BCUT2D eigenvalue weighted by molar-refractivity contribution is 8.77. The number of carbonyl (C=O) groups is 13. The molecule has 0 spiro atoms. The molecule has 1 aromatic carbocycles. The molecule has 4 heterocycles. The predicted octanol–water partition coefficient (Wildman–Crippen LogP) is -2.31. The van der Waals surface area contributed by atoms with Gasteiger partial charge in [-0.05, 0) is 56.9 Å². The van der Waals surface area contributed by atoms with Gasteiger partial charge in [0.05, 0.1) is 13.2 Å². The minimum atomic E-state index is -1.72. The van der Waals surface area contributed by atoms with Crippen molar-refractivity contribution in [2.45, 2.75) is 177 Å². The van der Waals surface area contributed by atoms with E-state index in [1.807, 2.05) is 6.92 Å². The molecule has 0 radical (unpaired) electrons. The number of nitrogens with two attached hydrogens (primary N) is 1. The minimum absolute atomic E-state index is 0.00520. The Morgan fingerprint density at radius 2 is 1.00 bits per heavy atom. The first-order valence-corrected chi connectivity index (χ1v) is 34.4.